The first kappa shape index (κ1) is 14.8. The molecule has 1 aliphatic rings. The van der Waals surface area contributed by atoms with E-state index in [0.29, 0.717) is 17.9 Å². The maximum absolute atomic E-state index is 11.9. The topological polar surface area (TPSA) is 46.2 Å². The molecule has 108 valence electrons. The van der Waals surface area contributed by atoms with Gasteiger partial charge in [-0.3, -0.25) is 9.59 Å². The van der Waals surface area contributed by atoms with Crippen molar-refractivity contribution in [2.45, 2.75) is 51.4 Å². The lowest BCUT2D eigenvalue weighted by atomic mass is 9.84. The van der Waals surface area contributed by atoms with Gasteiger partial charge in [0.2, 0.25) is 5.91 Å². The number of rotatable bonds is 5. The fourth-order valence-electron chi connectivity index (χ4n) is 2.78. The molecule has 0 heterocycles. The second-order valence-corrected chi connectivity index (χ2v) is 5.51. The average Bonchev–Trinajstić information content (AvgIpc) is 2.53. The Balaban J connectivity index is 1.93. The molecular formula is C17H23NO2. The number of amides is 1. The van der Waals surface area contributed by atoms with Crippen molar-refractivity contribution in [1.29, 1.82) is 0 Å². The number of hydrogen-bond donors (Lipinski definition) is 1. The highest BCUT2D eigenvalue weighted by atomic mass is 16.2. The summed E-state index contributed by atoms with van der Waals surface area (Å²) in [5, 5.41) is 2.62. The Hall–Kier alpha value is -1.64. The molecule has 1 N–H and O–H groups in total. The summed E-state index contributed by atoms with van der Waals surface area (Å²) in [4.78, 5) is 23.1. The van der Waals surface area contributed by atoms with Gasteiger partial charge < -0.3 is 5.32 Å². The van der Waals surface area contributed by atoms with Crippen LogP contribution in [0.1, 0.15) is 67.3 Å². The normalized spacial score (nSPS) is 15.8. The van der Waals surface area contributed by atoms with Gasteiger partial charge in [0.1, 0.15) is 0 Å². The average molecular weight is 273 g/mol. The van der Waals surface area contributed by atoms with Gasteiger partial charge in [-0.2, -0.15) is 0 Å². The second kappa shape index (κ2) is 7.22. The van der Waals surface area contributed by atoms with Crippen LogP contribution in [0.5, 0.6) is 0 Å². The maximum atomic E-state index is 11.9. The number of carbonyl (C=O) groups is 2. The highest BCUT2D eigenvalue weighted by Crippen LogP contribution is 2.32. The summed E-state index contributed by atoms with van der Waals surface area (Å²) in [7, 11) is 0. The van der Waals surface area contributed by atoms with Crippen LogP contribution in [-0.2, 0) is 4.79 Å². The minimum absolute atomic E-state index is 0.0259. The summed E-state index contributed by atoms with van der Waals surface area (Å²) in [5.41, 5.74) is 2.03. The molecule has 1 saturated carbocycles. The molecule has 0 saturated heterocycles. The summed E-state index contributed by atoms with van der Waals surface area (Å²) in [6, 6.07) is 7.93. The van der Waals surface area contributed by atoms with Crippen molar-refractivity contribution in [1.82, 2.24) is 5.32 Å². The lowest BCUT2D eigenvalue weighted by molar-refractivity contribution is -0.120. The van der Waals surface area contributed by atoms with E-state index in [1.165, 1.54) is 37.7 Å². The number of hydrogen-bond acceptors (Lipinski definition) is 2. The molecule has 0 aromatic heterocycles. The minimum atomic E-state index is -0.0859. The van der Waals surface area contributed by atoms with E-state index in [1.54, 1.807) is 6.92 Å². The number of Topliss-reactive ketones (excluding diaryl/α,β-unsaturated/α-hetero) is 1. The van der Waals surface area contributed by atoms with Crippen molar-refractivity contribution < 1.29 is 9.59 Å². The van der Waals surface area contributed by atoms with Gasteiger partial charge in [-0.1, -0.05) is 50.5 Å². The monoisotopic (exact) mass is 273 g/mol. The second-order valence-electron chi connectivity index (χ2n) is 5.51. The smallest absolute Gasteiger partial charge is 0.220 e. The van der Waals surface area contributed by atoms with Gasteiger partial charge in [-0.15, -0.1) is 0 Å². The molecule has 20 heavy (non-hydrogen) atoms. The highest BCUT2D eigenvalue weighted by molar-refractivity contribution is 5.99. The van der Waals surface area contributed by atoms with Gasteiger partial charge in [0.05, 0.1) is 6.54 Å². The molecule has 3 nitrogen and oxygen atoms in total. The Kier molecular flexibility index (Phi) is 5.33. The Labute approximate surface area is 120 Å². The molecule has 1 aromatic carbocycles. The summed E-state index contributed by atoms with van der Waals surface area (Å²) in [6.45, 7) is 1.87. The molecule has 1 aromatic rings. The molecule has 0 atom stereocenters. The molecule has 1 amide bonds. The zero-order valence-corrected chi connectivity index (χ0v) is 12.2. The van der Waals surface area contributed by atoms with Crippen LogP contribution in [0, 0.1) is 0 Å². The third-order valence-electron chi connectivity index (χ3n) is 4.08. The van der Waals surface area contributed by atoms with Crippen LogP contribution in [-0.4, -0.2) is 18.2 Å². The van der Waals surface area contributed by atoms with Crippen LogP contribution in [0.15, 0.2) is 24.3 Å². The Morgan fingerprint density at radius 3 is 2.35 bits per heavy atom. The largest absolute Gasteiger partial charge is 0.349 e. The predicted octanol–water partition coefficient (Wildman–Crippen LogP) is 3.44. The first-order valence-electron chi connectivity index (χ1n) is 7.60. The van der Waals surface area contributed by atoms with E-state index in [0.717, 1.165) is 0 Å². The molecule has 0 bridgehead atoms. The summed E-state index contributed by atoms with van der Waals surface area (Å²) in [5.74, 6) is 0.548. The first-order chi connectivity index (χ1) is 9.70. The number of ketones is 1. The summed E-state index contributed by atoms with van der Waals surface area (Å²) in [6.07, 6.45) is 6.92. The van der Waals surface area contributed by atoms with Gasteiger partial charge in [0.25, 0.3) is 0 Å². The van der Waals surface area contributed by atoms with Crippen LogP contribution >= 0.6 is 0 Å². The fourth-order valence-corrected chi connectivity index (χ4v) is 2.78. The third-order valence-corrected chi connectivity index (χ3v) is 4.08. The predicted molar refractivity (Wildman–Crippen MR) is 79.9 cm³/mol. The van der Waals surface area contributed by atoms with E-state index in [1.807, 2.05) is 12.1 Å². The molecule has 0 spiro atoms. The van der Waals surface area contributed by atoms with E-state index in [2.05, 4.69) is 17.4 Å². The van der Waals surface area contributed by atoms with E-state index in [4.69, 9.17) is 0 Å². The Bertz CT molecular complexity index is 458. The summed E-state index contributed by atoms with van der Waals surface area (Å²) < 4.78 is 0. The fraction of sp³-hybridized carbons (Fsp3) is 0.529. The van der Waals surface area contributed by atoms with Crippen molar-refractivity contribution in [3.05, 3.63) is 35.4 Å². The Morgan fingerprint density at radius 1 is 1.10 bits per heavy atom. The zero-order valence-electron chi connectivity index (χ0n) is 12.2. The maximum Gasteiger partial charge on any atom is 0.220 e. The lowest BCUT2D eigenvalue weighted by Crippen LogP contribution is -2.28. The van der Waals surface area contributed by atoms with Crippen LogP contribution < -0.4 is 5.32 Å². The van der Waals surface area contributed by atoms with Crippen LogP contribution in [0.4, 0.5) is 0 Å². The van der Waals surface area contributed by atoms with E-state index >= 15 is 0 Å². The standard InChI is InChI=1S/C17H23NO2/c1-2-17(20)18-12-16(19)15-10-8-14(9-11-15)13-6-4-3-5-7-13/h8-11,13H,2-7,12H2,1H3,(H,18,20). The Morgan fingerprint density at radius 2 is 1.75 bits per heavy atom. The van der Waals surface area contributed by atoms with Crippen molar-refractivity contribution in [3.63, 3.8) is 0 Å². The van der Waals surface area contributed by atoms with Crippen molar-refractivity contribution in [2.75, 3.05) is 6.54 Å². The molecule has 1 fully saturated rings. The van der Waals surface area contributed by atoms with Gasteiger partial charge in [-0.05, 0) is 24.3 Å². The van der Waals surface area contributed by atoms with E-state index in [9.17, 15) is 9.59 Å². The molecule has 0 unspecified atom stereocenters. The number of nitrogens with one attached hydrogen (secondary N) is 1. The molecular weight excluding hydrogens is 250 g/mol. The quantitative estimate of drug-likeness (QED) is 0.835. The SMILES string of the molecule is CCC(=O)NCC(=O)c1ccc(C2CCCCC2)cc1. The van der Waals surface area contributed by atoms with Crippen LogP contribution in [0.25, 0.3) is 0 Å². The van der Waals surface area contributed by atoms with Crippen LogP contribution in [0.2, 0.25) is 0 Å². The van der Waals surface area contributed by atoms with Gasteiger partial charge in [0, 0.05) is 12.0 Å². The number of carbonyl (C=O) groups excluding carboxylic acids is 2. The molecule has 0 aliphatic heterocycles. The van der Waals surface area contributed by atoms with E-state index < -0.39 is 0 Å². The third kappa shape index (κ3) is 3.92. The first-order valence-corrected chi connectivity index (χ1v) is 7.60. The van der Waals surface area contributed by atoms with Crippen molar-refractivity contribution >= 4 is 11.7 Å². The van der Waals surface area contributed by atoms with Gasteiger partial charge >= 0.3 is 0 Å². The van der Waals surface area contributed by atoms with Crippen molar-refractivity contribution in [3.8, 4) is 0 Å². The summed E-state index contributed by atoms with van der Waals surface area (Å²) >= 11 is 0. The molecule has 1 aliphatic carbocycles. The lowest BCUT2D eigenvalue weighted by Gasteiger charge is -2.22. The van der Waals surface area contributed by atoms with Gasteiger partial charge in [-0.25, -0.2) is 0 Å². The highest BCUT2D eigenvalue weighted by Gasteiger charge is 2.15. The minimum Gasteiger partial charge on any atom is -0.349 e. The van der Waals surface area contributed by atoms with Gasteiger partial charge in [0.15, 0.2) is 5.78 Å². The molecule has 2 rings (SSSR count). The number of benzene rings is 1. The molecule has 3 heteroatoms. The van der Waals surface area contributed by atoms with Crippen LogP contribution in [0.3, 0.4) is 0 Å². The van der Waals surface area contributed by atoms with E-state index in [-0.39, 0.29) is 18.2 Å². The molecule has 0 radical (unpaired) electrons. The zero-order chi connectivity index (χ0) is 14.4. The van der Waals surface area contributed by atoms with Crippen molar-refractivity contribution in [2.24, 2.45) is 0 Å².